The fourth-order valence-electron chi connectivity index (χ4n) is 3.45. The van der Waals surface area contributed by atoms with E-state index >= 15 is 0 Å². The predicted octanol–water partition coefficient (Wildman–Crippen LogP) is 6.08. The summed E-state index contributed by atoms with van der Waals surface area (Å²) in [7, 11) is 0. The molecule has 35 heavy (non-hydrogen) atoms. The smallest absolute Gasteiger partial charge is 0.407 e. The van der Waals surface area contributed by atoms with Crippen LogP contribution in [0.2, 0.25) is 0 Å². The SMILES string of the molecule is CC(=O)S[C@H](CCCCNC(=O)OCc1ccccc1)C(=O)N(Cc1cccs1)Cc1cccs1. The molecule has 6 nitrogen and oxygen atoms in total. The highest BCUT2D eigenvalue weighted by Gasteiger charge is 2.27. The molecule has 1 atom stereocenters. The van der Waals surface area contributed by atoms with Crippen molar-refractivity contribution >= 4 is 51.6 Å². The topological polar surface area (TPSA) is 75.7 Å². The largest absolute Gasteiger partial charge is 0.445 e. The molecule has 2 aromatic heterocycles. The minimum absolute atomic E-state index is 0.0257. The first-order valence-electron chi connectivity index (χ1n) is 11.5. The lowest BCUT2D eigenvalue weighted by atomic mass is 10.1. The van der Waals surface area contributed by atoms with Gasteiger partial charge in [0.15, 0.2) is 5.12 Å². The molecule has 0 unspecified atom stereocenters. The van der Waals surface area contributed by atoms with E-state index in [1.165, 1.54) is 6.92 Å². The number of unbranched alkanes of at least 4 members (excludes halogenated alkanes) is 1. The third-order valence-electron chi connectivity index (χ3n) is 5.12. The van der Waals surface area contributed by atoms with Crippen LogP contribution in [0.5, 0.6) is 0 Å². The maximum absolute atomic E-state index is 13.5. The lowest BCUT2D eigenvalue weighted by molar-refractivity contribution is -0.132. The number of amides is 2. The molecule has 0 aliphatic rings. The Bertz CT molecular complexity index is 1000. The second-order valence-electron chi connectivity index (χ2n) is 7.94. The van der Waals surface area contributed by atoms with Gasteiger partial charge in [0.25, 0.3) is 0 Å². The van der Waals surface area contributed by atoms with Crippen molar-refractivity contribution in [3.63, 3.8) is 0 Å². The zero-order chi connectivity index (χ0) is 24.9. The van der Waals surface area contributed by atoms with E-state index in [0.29, 0.717) is 38.9 Å². The molecule has 0 aliphatic carbocycles. The van der Waals surface area contributed by atoms with Crippen molar-refractivity contribution in [2.75, 3.05) is 6.54 Å². The summed E-state index contributed by atoms with van der Waals surface area (Å²) in [6, 6.07) is 17.5. The van der Waals surface area contributed by atoms with Crippen LogP contribution in [0.15, 0.2) is 65.4 Å². The van der Waals surface area contributed by atoms with E-state index in [9.17, 15) is 14.4 Å². The first kappa shape index (κ1) is 27.0. The Morgan fingerprint density at radius 2 is 1.60 bits per heavy atom. The van der Waals surface area contributed by atoms with E-state index in [1.54, 1.807) is 22.7 Å². The molecule has 0 aliphatic heterocycles. The molecule has 0 saturated heterocycles. The summed E-state index contributed by atoms with van der Waals surface area (Å²) < 4.78 is 5.22. The summed E-state index contributed by atoms with van der Waals surface area (Å²) in [6.45, 7) is 3.23. The van der Waals surface area contributed by atoms with Crippen LogP contribution in [0.4, 0.5) is 4.79 Å². The van der Waals surface area contributed by atoms with Gasteiger partial charge in [-0.25, -0.2) is 4.79 Å². The predicted molar refractivity (Wildman–Crippen MR) is 143 cm³/mol. The number of hydrogen-bond acceptors (Lipinski definition) is 7. The number of nitrogens with one attached hydrogen (secondary N) is 1. The Morgan fingerprint density at radius 3 is 2.17 bits per heavy atom. The van der Waals surface area contributed by atoms with Gasteiger partial charge in [-0.1, -0.05) is 60.6 Å². The number of ether oxygens (including phenoxy) is 1. The van der Waals surface area contributed by atoms with Gasteiger partial charge in [-0.05, 0) is 41.3 Å². The van der Waals surface area contributed by atoms with Gasteiger partial charge in [0.05, 0.1) is 18.3 Å². The minimum atomic E-state index is -0.460. The molecule has 186 valence electrons. The van der Waals surface area contributed by atoms with Crippen LogP contribution in [0.3, 0.4) is 0 Å². The van der Waals surface area contributed by atoms with Crippen molar-refractivity contribution in [2.24, 2.45) is 0 Å². The van der Waals surface area contributed by atoms with E-state index in [-0.39, 0.29) is 17.6 Å². The molecule has 1 N–H and O–H groups in total. The molecule has 3 rings (SSSR count). The summed E-state index contributed by atoms with van der Waals surface area (Å²) in [4.78, 5) is 41.4. The molecule has 0 radical (unpaired) electrons. The Morgan fingerprint density at radius 1 is 0.943 bits per heavy atom. The number of rotatable bonds is 13. The Labute approximate surface area is 218 Å². The Kier molecular flexibility index (Phi) is 11.3. The molecule has 2 heterocycles. The lowest BCUT2D eigenvalue weighted by Crippen LogP contribution is -2.37. The zero-order valence-corrected chi connectivity index (χ0v) is 22.1. The minimum Gasteiger partial charge on any atom is -0.445 e. The molecule has 1 aromatic carbocycles. The van der Waals surface area contributed by atoms with E-state index in [1.807, 2.05) is 70.3 Å². The Hall–Kier alpha value is -2.62. The lowest BCUT2D eigenvalue weighted by Gasteiger charge is -2.26. The highest BCUT2D eigenvalue weighted by atomic mass is 32.2. The molecule has 0 fully saturated rings. The summed E-state index contributed by atoms with van der Waals surface area (Å²) in [5.41, 5.74) is 0.930. The number of thiophene rings is 2. The van der Waals surface area contributed by atoms with Gasteiger partial charge in [0.2, 0.25) is 5.91 Å². The standard InChI is InChI=1S/C26H30N2O4S3/c1-20(29)35-24(13-5-6-14-27-26(31)32-19-21-9-3-2-4-10-21)25(30)28(17-22-11-7-15-33-22)18-23-12-8-16-34-23/h2-4,7-12,15-16,24H,5-6,13-14,17-19H2,1H3,(H,27,31)/t24-/m1/s1. The second kappa shape index (κ2) is 14.7. The van der Waals surface area contributed by atoms with Crippen molar-refractivity contribution < 1.29 is 19.1 Å². The van der Waals surface area contributed by atoms with E-state index < -0.39 is 11.3 Å². The maximum Gasteiger partial charge on any atom is 0.407 e. The monoisotopic (exact) mass is 530 g/mol. The van der Waals surface area contributed by atoms with Gasteiger partial charge in [-0.15, -0.1) is 22.7 Å². The molecule has 9 heteroatoms. The average Bonchev–Trinajstić information content (AvgIpc) is 3.56. The summed E-state index contributed by atoms with van der Waals surface area (Å²) in [6.07, 6.45) is 1.51. The van der Waals surface area contributed by atoms with Gasteiger partial charge in [-0.2, -0.15) is 0 Å². The number of hydrogen-bond donors (Lipinski definition) is 1. The molecular weight excluding hydrogens is 500 g/mol. The summed E-state index contributed by atoms with van der Waals surface area (Å²) >= 11 is 4.34. The number of nitrogens with zero attached hydrogens (tertiary/aromatic N) is 1. The van der Waals surface area contributed by atoms with Gasteiger partial charge in [0.1, 0.15) is 6.61 Å². The van der Waals surface area contributed by atoms with Crippen LogP contribution in [0, 0.1) is 0 Å². The summed E-state index contributed by atoms with van der Waals surface area (Å²) in [5, 5.41) is 6.24. The van der Waals surface area contributed by atoms with E-state index in [4.69, 9.17) is 4.74 Å². The van der Waals surface area contributed by atoms with Crippen molar-refractivity contribution in [1.82, 2.24) is 10.2 Å². The van der Waals surface area contributed by atoms with E-state index in [2.05, 4.69) is 5.32 Å². The molecular formula is C26H30N2O4S3. The second-order valence-corrected chi connectivity index (χ2v) is 11.4. The molecule has 2 amide bonds. The van der Waals surface area contributed by atoms with Crippen LogP contribution < -0.4 is 5.32 Å². The van der Waals surface area contributed by atoms with Crippen LogP contribution in [-0.2, 0) is 34.0 Å². The van der Waals surface area contributed by atoms with Crippen LogP contribution >= 0.6 is 34.4 Å². The van der Waals surface area contributed by atoms with Gasteiger partial charge in [-0.3, -0.25) is 9.59 Å². The fraction of sp³-hybridized carbons (Fsp3) is 0.346. The third-order valence-corrected chi connectivity index (χ3v) is 7.90. The molecule has 3 aromatic rings. The highest BCUT2D eigenvalue weighted by molar-refractivity contribution is 8.14. The summed E-state index contributed by atoms with van der Waals surface area (Å²) in [5.74, 6) is -0.0257. The number of carbonyl (C=O) groups is 3. The normalized spacial score (nSPS) is 11.6. The number of benzene rings is 1. The van der Waals surface area contributed by atoms with Crippen LogP contribution in [0.1, 0.15) is 41.5 Å². The molecule has 0 spiro atoms. The number of carbonyl (C=O) groups excluding carboxylic acids is 3. The van der Waals surface area contributed by atoms with E-state index in [0.717, 1.165) is 27.1 Å². The van der Waals surface area contributed by atoms with Crippen LogP contribution in [-0.4, -0.2) is 33.8 Å². The van der Waals surface area contributed by atoms with Gasteiger partial charge < -0.3 is 15.0 Å². The van der Waals surface area contributed by atoms with Crippen molar-refractivity contribution in [3.8, 4) is 0 Å². The molecule has 0 bridgehead atoms. The average molecular weight is 531 g/mol. The maximum atomic E-state index is 13.5. The van der Waals surface area contributed by atoms with Gasteiger partial charge >= 0.3 is 6.09 Å². The first-order chi connectivity index (χ1) is 17.0. The number of alkyl carbamates (subject to hydrolysis) is 1. The highest BCUT2D eigenvalue weighted by Crippen LogP contribution is 2.25. The van der Waals surface area contributed by atoms with Crippen LogP contribution in [0.25, 0.3) is 0 Å². The van der Waals surface area contributed by atoms with Gasteiger partial charge in [0, 0.05) is 23.2 Å². The fourth-order valence-corrected chi connectivity index (χ4v) is 5.82. The molecule has 0 saturated carbocycles. The third kappa shape index (κ3) is 9.87. The first-order valence-corrected chi connectivity index (χ1v) is 14.1. The number of thioether (sulfide) groups is 1. The van der Waals surface area contributed by atoms with Crippen molar-refractivity contribution in [2.45, 2.75) is 51.1 Å². The zero-order valence-electron chi connectivity index (χ0n) is 19.7. The quantitative estimate of drug-likeness (QED) is 0.271. The van der Waals surface area contributed by atoms with Crippen molar-refractivity contribution in [3.05, 3.63) is 80.7 Å². The van der Waals surface area contributed by atoms with Crippen molar-refractivity contribution in [1.29, 1.82) is 0 Å². The Balaban J connectivity index is 1.48.